The lowest BCUT2D eigenvalue weighted by Gasteiger charge is -2.03. The Morgan fingerprint density at radius 3 is 3.11 bits per heavy atom. The van der Waals surface area contributed by atoms with E-state index in [1.54, 1.807) is 18.5 Å². The molecule has 9 heteroatoms. The van der Waals surface area contributed by atoms with Gasteiger partial charge in [-0.05, 0) is 11.8 Å². The molecular formula is C9H11N5O3S. The van der Waals surface area contributed by atoms with E-state index >= 15 is 0 Å². The molecule has 2 rings (SSSR count). The molecule has 0 aliphatic heterocycles. The topological polar surface area (TPSA) is 102 Å². The second kappa shape index (κ2) is 5.00. The number of likely N-dealkylation sites (N-methyl/N-ethyl adjacent to an activating group) is 1. The molecule has 96 valence electrons. The molecule has 8 nitrogen and oxygen atoms in total. The molecular weight excluding hydrogens is 258 g/mol. The minimum atomic E-state index is -0.521. The molecule has 18 heavy (non-hydrogen) atoms. The summed E-state index contributed by atoms with van der Waals surface area (Å²) < 4.78 is 1.38. The number of amides is 1. The van der Waals surface area contributed by atoms with Crippen molar-refractivity contribution in [1.82, 2.24) is 14.7 Å². The van der Waals surface area contributed by atoms with Gasteiger partial charge in [0.15, 0.2) is 0 Å². The summed E-state index contributed by atoms with van der Waals surface area (Å²) in [5.41, 5.74) is 0. The maximum absolute atomic E-state index is 11.3. The molecule has 1 amide bonds. The molecule has 0 unspecified atom stereocenters. The first kappa shape index (κ1) is 12.3. The molecule has 0 bridgehead atoms. The highest BCUT2D eigenvalue weighted by Gasteiger charge is 2.23. The maximum atomic E-state index is 11.3. The Balaban J connectivity index is 2.22. The quantitative estimate of drug-likeness (QED) is 0.619. The number of nitrogens with zero attached hydrogens (tertiary/aromatic N) is 3. The van der Waals surface area contributed by atoms with Gasteiger partial charge in [0.05, 0.1) is 6.54 Å². The van der Waals surface area contributed by atoms with Crippen LogP contribution >= 0.6 is 11.3 Å². The highest BCUT2D eigenvalue weighted by molar-refractivity contribution is 7.15. The SMILES string of the molecule is CCNC(=O)CNc1nc2sccn2c1[N+](=O)[O-]. The highest BCUT2D eigenvalue weighted by atomic mass is 32.1. The second-order valence-electron chi connectivity index (χ2n) is 3.40. The van der Waals surface area contributed by atoms with E-state index < -0.39 is 4.92 Å². The zero-order chi connectivity index (χ0) is 13.1. The van der Waals surface area contributed by atoms with Crippen LogP contribution in [0.1, 0.15) is 6.92 Å². The number of fused-ring (bicyclic) bond motifs is 1. The number of rotatable bonds is 5. The Labute approximate surface area is 106 Å². The van der Waals surface area contributed by atoms with Crippen molar-refractivity contribution in [2.45, 2.75) is 6.92 Å². The number of imidazole rings is 1. The van der Waals surface area contributed by atoms with Crippen LogP contribution in [0.3, 0.4) is 0 Å². The van der Waals surface area contributed by atoms with Gasteiger partial charge in [-0.1, -0.05) is 11.3 Å². The number of nitro groups is 1. The van der Waals surface area contributed by atoms with Crippen molar-refractivity contribution in [3.63, 3.8) is 0 Å². The molecule has 0 saturated carbocycles. The van der Waals surface area contributed by atoms with Gasteiger partial charge in [-0.25, -0.2) is 0 Å². The van der Waals surface area contributed by atoms with E-state index in [1.165, 1.54) is 15.7 Å². The molecule has 0 aliphatic rings. The normalized spacial score (nSPS) is 10.5. The van der Waals surface area contributed by atoms with Gasteiger partial charge in [0, 0.05) is 11.9 Å². The molecule has 0 spiro atoms. The molecule has 2 heterocycles. The van der Waals surface area contributed by atoms with Crippen molar-refractivity contribution < 1.29 is 9.72 Å². The largest absolute Gasteiger partial charge is 0.372 e. The summed E-state index contributed by atoms with van der Waals surface area (Å²) in [6, 6.07) is 0. The van der Waals surface area contributed by atoms with Crippen LogP contribution in [0.4, 0.5) is 11.6 Å². The standard InChI is InChI=1S/C9H11N5O3S/c1-2-10-6(15)5-11-7-8(14(16)17)13-3-4-18-9(13)12-7/h3-4,11H,2,5H2,1H3,(H,10,15). The number of hydrogen-bond acceptors (Lipinski definition) is 6. The summed E-state index contributed by atoms with van der Waals surface area (Å²) in [6.07, 6.45) is 1.57. The van der Waals surface area contributed by atoms with Gasteiger partial charge in [-0.2, -0.15) is 9.38 Å². The number of aromatic nitrogens is 2. The lowest BCUT2D eigenvalue weighted by atomic mass is 10.5. The van der Waals surface area contributed by atoms with Gasteiger partial charge in [0.2, 0.25) is 11.7 Å². The zero-order valence-electron chi connectivity index (χ0n) is 9.54. The highest BCUT2D eigenvalue weighted by Crippen LogP contribution is 2.27. The Kier molecular flexibility index (Phi) is 3.42. The third-order valence-electron chi connectivity index (χ3n) is 2.20. The van der Waals surface area contributed by atoms with Crippen molar-refractivity contribution in [2.24, 2.45) is 0 Å². The van der Waals surface area contributed by atoms with Gasteiger partial charge in [0.1, 0.15) is 6.20 Å². The van der Waals surface area contributed by atoms with Crippen LogP contribution in [-0.2, 0) is 4.79 Å². The van der Waals surface area contributed by atoms with Crippen molar-refractivity contribution in [3.8, 4) is 0 Å². The molecule has 0 radical (unpaired) electrons. The van der Waals surface area contributed by atoms with Gasteiger partial charge in [-0.15, -0.1) is 0 Å². The summed E-state index contributed by atoms with van der Waals surface area (Å²) >= 11 is 1.29. The number of hydrogen-bond donors (Lipinski definition) is 2. The van der Waals surface area contributed by atoms with Crippen LogP contribution in [0.2, 0.25) is 0 Å². The van der Waals surface area contributed by atoms with Crippen molar-refractivity contribution in [1.29, 1.82) is 0 Å². The molecule has 0 saturated heterocycles. The predicted octanol–water partition coefficient (Wildman–Crippen LogP) is 0.852. The number of carbonyl (C=O) groups is 1. The van der Waals surface area contributed by atoms with Crippen LogP contribution in [0, 0.1) is 10.1 Å². The molecule has 2 aromatic heterocycles. The summed E-state index contributed by atoms with van der Waals surface area (Å²) in [4.78, 5) is 26.3. The van der Waals surface area contributed by atoms with Crippen LogP contribution in [0.15, 0.2) is 11.6 Å². The first-order chi connectivity index (χ1) is 8.63. The smallest absolute Gasteiger partial charge is 0.358 e. The Morgan fingerprint density at radius 2 is 2.44 bits per heavy atom. The first-order valence-electron chi connectivity index (χ1n) is 5.24. The van der Waals surface area contributed by atoms with E-state index in [4.69, 9.17) is 0 Å². The van der Waals surface area contributed by atoms with E-state index in [0.29, 0.717) is 11.5 Å². The summed E-state index contributed by atoms with van der Waals surface area (Å²) in [5, 5.41) is 17.9. The number of anilines is 1. The van der Waals surface area contributed by atoms with Crippen LogP contribution in [0.25, 0.3) is 4.96 Å². The van der Waals surface area contributed by atoms with Crippen molar-refractivity contribution in [3.05, 3.63) is 21.7 Å². The second-order valence-corrected chi connectivity index (χ2v) is 4.28. The average Bonchev–Trinajstić information content (AvgIpc) is 2.85. The lowest BCUT2D eigenvalue weighted by Crippen LogP contribution is -2.29. The van der Waals surface area contributed by atoms with E-state index in [1.807, 2.05) is 0 Å². The Bertz CT molecular complexity index is 590. The van der Waals surface area contributed by atoms with Gasteiger partial charge in [-0.3, -0.25) is 4.79 Å². The predicted molar refractivity (Wildman–Crippen MR) is 66.9 cm³/mol. The fraction of sp³-hybridized carbons (Fsp3) is 0.333. The summed E-state index contributed by atoms with van der Waals surface area (Å²) in [6.45, 7) is 2.27. The van der Waals surface area contributed by atoms with Crippen LogP contribution < -0.4 is 10.6 Å². The minimum absolute atomic E-state index is 0.0421. The van der Waals surface area contributed by atoms with Crippen molar-refractivity contribution in [2.75, 3.05) is 18.4 Å². The lowest BCUT2D eigenvalue weighted by molar-refractivity contribution is -0.389. The number of nitrogens with one attached hydrogen (secondary N) is 2. The van der Waals surface area contributed by atoms with Crippen LogP contribution in [-0.4, -0.2) is 33.3 Å². The molecule has 2 aromatic rings. The van der Waals surface area contributed by atoms with E-state index in [2.05, 4.69) is 15.6 Å². The van der Waals surface area contributed by atoms with E-state index in [0.717, 1.165) is 0 Å². The van der Waals surface area contributed by atoms with Gasteiger partial charge in [0.25, 0.3) is 4.96 Å². The average molecular weight is 269 g/mol. The monoisotopic (exact) mass is 269 g/mol. The van der Waals surface area contributed by atoms with Crippen LogP contribution in [0.5, 0.6) is 0 Å². The molecule has 0 aromatic carbocycles. The Hall–Kier alpha value is -2.16. The third kappa shape index (κ3) is 2.25. The van der Waals surface area contributed by atoms with E-state index in [-0.39, 0.29) is 24.1 Å². The third-order valence-corrected chi connectivity index (χ3v) is 2.96. The Morgan fingerprint density at radius 1 is 1.67 bits per heavy atom. The first-order valence-corrected chi connectivity index (χ1v) is 6.12. The fourth-order valence-corrected chi connectivity index (χ4v) is 2.20. The molecule has 0 fully saturated rings. The number of thiazole rings is 1. The summed E-state index contributed by atoms with van der Waals surface area (Å²) in [5.74, 6) is -0.281. The van der Waals surface area contributed by atoms with Gasteiger partial charge >= 0.3 is 5.82 Å². The fourth-order valence-electron chi connectivity index (χ4n) is 1.49. The van der Waals surface area contributed by atoms with Crippen molar-refractivity contribution >= 4 is 33.8 Å². The molecule has 0 aliphatic carbocycles. The number of carbonyl (C=O) groups excluding carboxylic acids is 1. The van der Waals surface area contributed by atoms with Gasteiger partial charge < -0.3 is 20.7 Å². The summed E-state index contributed by atoms with van der Waals surface area (Å²) in [7, 11) is 0. The maximum Gasteiger partial charge on any atom is 0.372 e. The molecule has 2 N–H and O–H groups in total. The zero-order valence-corrected chi connectivity index (χ0v) is 10.4. The van der Waals surface area contributed by atoms with E-state index in [9.17, 15) is 14.9 Å². The minimum Gasteiger partial charge on any atom is -0.358 e. The molecule has 0 atom stereocenters.